The summed E-state index contributed by atoms with van der Waals surface area (Å²) < 4.78 is 0. The Morgan fingerprint density at radius 1 is 1.36 bits per heavy atom. The van der Waals surface area contributed by atoms with Crippen LogP contribution in [0, 0.1) is 5.92 Å². The van der Waals surface area contributed by atoms with E-state index < -0.39 is 0 Å². The number of hydrogen-bond donors (Lipinski definition) is 3. The number of carbonyl (C=O) groups is 1. The van der Waals surface area contributed by atoms with Gasteiger partial charge in [0, 0.05) is 55.7 Å². The number of halogens is 1. The lowest BCUT2D eigenvalue weighted by Crippen LogP contribution is -2.45. The van der Waals surface area contributed by atoms with Gasteiger partial charge >= 0.3 is 0 Å². The van der Waals surface area contributed by atoms with E-state index in [1.807, 2.05) is 18.7 Å². The minimum atomic E-state index is 0. The summed E-state index contributed by atoms with van der Waals surface area (Å²) in [6, 6.07) is 8.68. The zero-order valence-electron chi connectivity index (χ0n) is 17.0. The summed E-state index contributed by atoms with van der Waals surface area (Å²) in [6.07, 6.45) is 5.13. The normalized spacial score (nSPS) is 17.1. The van der Waals surface area contributed by atoms with Crippen molar-refractivity contribution in [2.24, 2.45) is 10.9 Å². The van der Waals surface area contributed by atoms with Crippen molar-refractivity contribution in [3.05, 3.63) is 36.0 Å². The third-order valence-corrected chi connectivity index (χ3v) is 5.15. The van der Waals surface area contributed by atoms with Crippen molar-refractivity contribution in [3.8, 4) is 0 Å². The van der Waals surface area contributed by atoms with E-state index in [2.05, 4.69) is 51.1 Å². The molecular formula is C21H32IN5O. The molecule has 1 amide bonds. The van der Waals surface area contributed by atoms with Gasteiger partial charge in [0.25, 0.3) is 0 Å². The van der Waals surface area contributed by atoms with Crippen molar-refractivity contribution in [1.82, 2.24) is 20.5 Å². The minimum absolute atomic E-state index is 0. The highest BCUT2D eigenvalue weighted by molar-refractivity contribution is 14.0. The van der Waals surface area contributed by atoms with E-state index in [4.69, 9.17) is 0 Å². The van der Waals surface area contributed by atoms with Crippen LogP contribution in [0.15, 0.2) is 35.5 Å². The second kappa shape index (κ2) is 10.7. The molecule has 0 spiro atoms. The molecule has 0 bridgehead atoms. The summed E-state index contributed by atoms with van der Waals surface area (Å²) in [7, 11) is 1.79. The number of nitrogens with one attached hydrogen (secondary N) is 3. The molecule has 0 radical (unpaired) electrons. The predicted molar refractivity (Wildman–Crippen MR) is 126 cm³/mol. The Morgan fingerprint density at radius 3 is 2.89 bits per heavy atom. The molecule has 1 aliphatic rings. The quantitative estimate of drug-likeness (QED) is 0.249. The van der Waals surface area contributed by atoms with Crippen molar-refractivity contribution in [1.29, 1.82) is 0 Å². The van der Waals surface area contributed by atoms with Crippen molar-refractivity contribution in [2.75, 3.05) is 26.7 Å². The van der Waals surface area contributed by atoms with Crippen LogP contribution in [0.1, 0.15) is 32.3 Å². The minimum Gasteiger partial charge on any atom is -0.361 e. The van der Waals surface area contributed by atoms with Gasteiger partial charge in [-0.05, 0) is 30.9 Å². The number of benzene rings is 1. The van der Waals surface area contributed by atoms with Gasteiger partial charge < -0.3 is 20.5 Å². The molecule has 1 fully saturated rings. The number of fused-ring (bicyclic) bond motifs is 1. The first kappa shape index (κ1) is 22.5. The summed E-state index contributed by atoms with van der Waals surface area (Å²) in [5.41, 5.74) is 2.55. The zero-order chi connectivity index (χ0) is 19.2. The topological polar surface area (TPSA) is 72.5 Å². The molecule has 7 heteroatoms. The average Bonchev–Trinajstić information content (AvgIpc) is 3.30. The van der Waals surface area contributed by atoms with Crippen LogP contribution in [-0.2, 0) is 11.2 Å². The number of aliphatic imine (C=N–C) groups is 1. The number of para-hydroxylation sites is 1. The average molecular weight is 497 g/mol. The molecule has 0 saturated carbocycles. The lowest BCUT2D eigenvalue weighted by atomic mass is 10.1. The van der Waals surface area contributed by atoms with Crippen molar-refractivity contribution < 1.29 is 4.79 Å². The molecule has 6 nitrogen and oxygen atoms in total. The highest BCUT2D eigenvalue weighted by Crippen LogP contribution is 2.18. The number of carbonyl (C=O) groups excluding carboxylic acids is 1. The van der Waals surface area contributed by atoms with E-state index in [0.717, 1.165) is 44.9 Å². The lowest BCUT2D eigenvalue weighted by molar-refractivity contribution is -0.133. The number of guanidine groups is 1. The van der Waals surface area contributed by atoms with E-state index in [-0.39, 0.29) is 41.8 Å². The van der Waals surface area contributed by atoms with Gasteiger partial charge in [-0.1, -0.05) is 32.0 Å². The van der Waals surface area contributed by atoms with Crippen LogP contribution in [0.3, 0.4) is 0 Å². The van der Waals surface area contributed by atoms with Crippen molar-refractivity contribution in [2.45, 2.75) is 39.2 Å². The molecule has 2 heterocycles. The molecule has 3 rings (SSSR count). The molecule has 1 aliphatic heterocycles. The standard InChI is InChI=1S/C21H31N5O.HI/c1-15(2)20(27)26-12-10-17(14-26)25-21(22-3)23-11-6-7-16-13-24-19-9-5-4-8-18(16)19;/h4-5,8-9,13,15,17,24H,6-7,10-12,14H2,1-3H3,(H2,22,23,25);1H. The monoisotopic (exact) mass is 497 g/mol. The summed E-state index contributed by atoms with van der Waals surface area (Å²) in [6.45, 7) is 6.36. The molecule has 154 valence electrons. The SMILES string of the molecule is CN=C(NCCCc1c[nH]c2ccccc12)NC1CCN(C(=O)C(C)C)C1.I. The smallest absolute Gasteiger partial charge is 0.225 e. The number of rotatable bonds is 6. The Morgan fingerprint density at radius 2 is 2.14 bits per heavy atom. The number of nitrogens with zero attached hydrogens (tertiary/aromatic N) is 2. The molecule has 1 atom stereocenters. The maximum absolute atomic E-state index is 12.1. The fraction of sp³-hybridized carbons (Fsp3) is 0.524. The Balaban J connectivity index is 0.00000280. The van der Waals surface area contributed by atoms with Crippen LogP contribution in [0.4, 0.5) is 0 Å². The Kier molecular flexibility index (Phi) is 8.59. The zero-order valence-corrected chi connectivity index (χ0v) is 19.3. The maximum Gasteiger partial charge on any atom is 0.225 e. The van der Waals surface area contributed by atoms with Crippen molar-refractivity contribution >= 4 is 46.7 Å². The lowest BCUT2D eigenvalue weighted by Gasteiger charge is -2.20. The van der Waals surface area contributed by atoms with E-state index in [1.165, 1.54) is 16.5 Å². The number of H-pyrrole nitrogens is 1. The molecule has 28 heavy (non-hydrogen) atoms. The Bertz CT molecular complexity index is 801. The second-order valence-corrected chi connectivity index (χ2v) is 7.53. The van der Waals surface area contributed by atoms with Crippen molar-refractivity contribution in [3.63, 3.8) is 0 Å². The van der Waals surface area contributed by atoms with Gasteiger partial charge in [-0.25, -0.2) is 0 Å². The summed E-state index contributed by atoms with van der Waals surface area (Å²) in [5.74, 6) is 1.12. The van der Waals surface area contributed by atoms with E-state index in [9.17, 15) is 4.79 Å². The van der Waals surface area contributed by atoms with Gasteiger partial charge in [0.05, 0.1) is 0 Å². The largest absolute Gasteiger partial charge is 0.361 e. The van der Waals surface area contributed by atoms with Gasteiger partial charge in [0.1, 0.15) is 0 Å². The van der Waals surface area contributed by atoms with Gasteiger partial charge in [-0.3, -0.25) is 9.79 Å². The van der Waals surface area contributed by atoms with Gasteiger partial charge in [0.15, 0.2) is 5.96 Å². The number of aromatic amines is 1. The number of hydrogen-bond acceptors (Lipinski definition) is 2. The number of amides is 1. The number of aromatic nitrogens is 1. The molecule has 1 aromatic carbocycles. The number of aryl methyl sites for hydroxylation is 1. The Labute approximate surface area is 184 Å². The van der Waals surface area contributed by atoms with Gasteiger partial charge in [0.2, 0.25) is 5.91 Å². The second-order valence-electron chi connectivity index (χ2n) is 7.53. The third kappa shape index (κ3) is 5.62. The fourth-order valence-corrected chi connectivity index (χ4v) is 3.66. The molecule has 1 aromatic heterocycles. The van der Waals surface area contributed by atoms with Crippen LogP contribution in [0.5, 0.6) is 0 Å². The first-order chi connectivity index (χ1) is 13.1. The molecular weight excluding hydrogens is 465 g/mol. The molecule has 0 aliphatic carbocycles. The first-order valence-electron chi connectivity index (χ1n) is 9.89. The van der Waals surface area contributed by atoms with Gasteiger partial charge in [-0.15, -0.1) is 24.0 Å². The summed E-state index contributed by atoms with van der Waals surface area (Å²) in [5, 5.41) is 8.16. The summed E-state index contributed by atoms with van der Waals surface area (Å²) >= 11 is 0. The van der Waals surface area contributed by atoms with Crippen LogP contribution >= 0.6 is 24.0 Å². The summed E-state index contributed by atoms with van der Waals surface area (Å²) in [4.78, 5) is 21.7. The molecule has 1 unspecified atom stereocenters. The van der Waals surface area contributed by atoms with Crippen LogP contribution in [-0.4, -0.2) is 54.5 Å². The fourth-order valence-electron chi connectivity index (χ4n) is 3.66. The van der Waals surface area contributed by atoms with E-state index in [0.29, 0.717) is 0 Å². The highest BCUT2D eigenvalue weighted by Gasteiger charge is 2.27. The third-order valence-electron chi connectivity index (χ3n) is 5.15. The highest BCUT2D eigenvalue weighted by atomic mass is 127. The Hall–Kier alpha value is -1.77. The first-order valence-corrected chi connectivity index (χ1v) is 9.89. The number of likely N-dealkylation sites (tertiary alicyclic amines) is 1. The van der Waals surface area contributed by atoms with Crippen LogP contribution in [0.25, 0.3) is 10.9 Å². The van der Waals surface area contributed by atoms with Gasteiger partial charge in [-0.2, -0.15) is 0 Å². The maximum atomic E-state index is 12.1. The molecule has 1 saturated heterocycles. The van der Waals surface area contributed by atoms with E-state index >= 15 is 0 Å². The predicted octanol–water partition coefficient (Wildman–Crippen LogP) is 3.14. The van der Waals surface area contributed by atoms with Crippen LogP contribution in [0.2, 0.25) is 0 Å². The molecule has 2 aromatic rings. The molecule has 3 N–H and O–H groups in total. The van der Waals surface area contributed by atoms with Crippen LogP contribution < -0.4 is 10.6 Å². The van der Waals surface area contributed by atoms with E-state index in [1.54, 1.807) is 7.05 Å².